The zero-order valence-electron chi connectivity index (χ0n) is 9.62. The van der Waals surface area contributed by atoms with Crippen molar-refractivity contribution in [2.24, 2.45) is 7.05 Å². The molecule has 1 aliphatic heterocycles. The fourth-order valence-electron chi connectivity index (χ4n) is 2.41. The number of anilines is 1. The van der Waals surface area contributed by atoms with Gasteiger partial charge in [-0.2, -0.15) is 5.10 Å². The van der Waals surface area contributed by atoms with E-state index in [2.05, 4.69) is 41.6 Å². The van der Waals surface area contributed by atoms with E-state index in [4.69, 9.17) is 0 Å². The van der Waals surface area contributed by atoms with Crippen LogP contribution in [-0.4, -0.2) is 9.78 Å². The third-order valence-electron chi connectivity index (χ3n) is 3.28. The Morgan fingerprint density at radius 1 is 1.25 bits per heavy atom. The van der Waals surface area contributed by atoms with Crippen molar-refractivity contribution in [3.8, 4) is 0 Å². The number of fused-ring (bicyclic) bond motifs is 2. The predicted molar refractivity (Wildman–Crippen MR) is 64.5 cm³/mol. The first-order valence-electron chi connectivity index (χ1n) is 5.59. The van der Waals surface area contributed by atoms with Crippen LogP contribution in [0, 0.1) is 6.92 Å². The molecular formula is C13H15N3. The molecule has 0 saturated carbocycles. The Balaban J connectivity index is 2.14. The third kappa shape index (κ3) is 1.32. The smallest absolute Gasteiger partial charge is 0.128 e. The molecule has 0 amide bonds. The molecule has 82 valence electrons. The second-order valence-electron chi connectivity index (χ2n) is 4.34. The Kier molecular flexibility index (Phi) is 1.99. The summed E-state index contributed by atoms with van der Waals surface area (Å²) < 4.78 is 1.94. The number of hydrogen-bond donors (Lipinski definition) is 1. The van der Waals surface area contributed by atoms with Crippen LogP contribution >= 0.6 is 0 Å². The molecule has 0 atom stereocenters. The Labute approximate surface area is 95.1 Å². The zero-order valence-corrected chi connectivity index (χ0v) is 9.62. The van der Waals surface area contributed by atoms with E-state index in [-0.39, 0.29) is 0 Å². The van der Waals surface area contributed by atoms with Crippen LogP contribution in [0.1, 0.15) is 22.4 Å². The Hall–Kier alpha value is -1.77. The molecule has 0 bridgehead atoms. The zero-order chi connectivity index (χ0) is 11.1. The van der Waals surface area contributed by atoms with Crippen LogP contribution in [-0.2, 0) is 20.0 Å². The summed E-state index contributed by atoms with van der Waals surface area (Å²) >= 11 is 0. The number of aryl methyl sites for hydroxylation is 2. The average Bonchev–Trinajstić information content (AvgIpc) is 2.49. The van der Waals surface area contributed by atoms with Gasteiger partial charge in [0, 0.05) is 25.6 Å². The minimum atomic E-state index is 0.891. The monoisotopic (exact) mass is 213 g/mol. The third-order valence-corrected chi connectivity index (χ3v) is 3.28. The normalized spacial score (nSPS) is 13.6. The quantitative estimate of drug-likeness (QED) is 0.727. The summed E-state index contributed by atoms with van der Waals surface area (Å²) in [5.41, 5.74) is 5.25. The topological polar surface area (TPSA) is 29.9 Å². The number of benzene rings is 1. The molecule has 1 N–H and O–H groups in total. The summed E-state index contributed by atoms with van der Waals surface area (Å²) in [5, 5.41) is 7.93. The second kappa shape index (κ2) is 3.37. The average molecular weight is 213 g/mol. The maximum absolute atomic E-state index is 4.46. The van der Waals surface area contributed by atoms with Crippen LogP contribution in [0.3, 0.4) is 0 Å². The molecule has 0 aliphatic carbocycles. The van der Waals surface area contributed by atoms with Crippen molar-refractivity contribution >= 4 is 5.82 Å². The van der Waals surface area contributed by atoms with Crippen molar-refractivity contribution in [1.29, 1.82) is 0 Å². The second-order valence-corrected chi connectivity index (χ2v) is 4.34. The van der Waals surface area contributed by atoms with Gasteiger partial charge >= 0.3 is 0 Å². The van der Waals surface area contributed by atoms with Crippen LogP contribution in [0.4, 0.5) is 5.82 Å². The molecule has 3 heteroatoms. The first-order chi connectivity index (χ1) is 7.75. The van der Waals surface area contributed by atoms with Crippen molar-refractivity contribution in [3.05, 3.63) is 46.6 Å². The van der Waals surface area contributed by atoms with E-state index in [1.165, 1.54) is 16.7 Å². The molecule has 16 heavy (non-hydrogen) atoms. The van der Waals surface area contributed by atoms with Gasteiger partial charge in [0.05, 0.1) is 5.69 Å². The highest BCUT2D eigenvalue weighted by Crippen LogP contribution is 2.27. The van der Waals surface area contributed by atoms with Crippen LogP contribution in [0.25, 0.3) is 0 Å². The van der Waals surface area contributed by atoms with E-state index in [0.29, 0.717) is 0 Å². The number of nitrogens with zero attached hydrogens (tertiary/aromatic N) is 2. The van der Waals surface area contributed by atoms with Gasteiger partial charge in [-0.05, 0) is 18.1 Å². The van der Waals surface area contributed by atoms with E-state index in [1.807, 2.05) is 11.7 Å². The highest BCUT2D eigenvalue weighted by Gasteiger charge is 2.18. The lowest BCUT2D eigenvalue weighted by Gasteiger charge is -2.05. The maximum atomic E-state index is 4.46. The number of aromatic nitrogens is 2. The molecule has 0 saturated heterocycles. The summed E-state index contributed by atoms with van der Waals surface area (Å²) in [6.45, 7) is 2.97. The van der Waals surface area contributed by atoms with E-state index >= 15 is 0 Å². The standard InChI is InChI=1S/C13H15N3/c1-9-12-7-10-5-3-4-6-11(10)8-14-13(12)16(2)15-9/h3-6,14H,7-8H2,1-2H3. The van der Waals surface area contributed by atoms with Gasteiger partial charge in [0.2, 0.25) is 0 Å². The van der Waals surface area contributed by atoms with Crippen LogP contribution in [0.15, 0.2) is 24.3 Å². The lowest BCUT2D eigenvalue weighted by Crippen LogP contribution is -2.04. The van der Waals surface area contributed by atoms with Gasteiger partial charge in [-0.25, -0.2) is 0 Å². The summed E-state index contributed by atoms with van der Waals surface area (Å²) in [7, 11) is 1.99. The van der Waals surface area contributed by atoms with Crippen LogP contribution < -0.4 is 5.32 Å². The SMILES string of the molecule is Cc1nn(C)c2c1Cc1ccccc1CN2. The highest BCUT2D eigenvalue weighted by atomic mass is 15.3. The lowest BCUT2D eigenvalue weighted by atomic mass is 10.0. The fraction of sp³-hybridized carbons (Fsp3) is 0.308. The summed E-state index contributed by atoms with van der Waals surface area (Å²) in [6.07, 6.45) is 0.984. The number of rotatable bonds is 0. The molecular weight excluding hydrogens is 198 g/mol. The van der Waals surface area contributed by atoms with Crippen molar-refractivity contribution in [1.82, 2.24) is 9.78 Å². The first kappa shape index (κ1) is 9.46. The molecule has 3 nitrogen and oxygen atoms in total. The van der Waals surface area contributed by atoms with Gasteiger partial charge in [-0.1, -0.05) is 24.3 Å². The molecule has 1 aromatic carbocycles. The Bertz CT molecular complexity index is 540. The van der Waals surface area contributed by atoms with E-state index in [0.717, 1.165) is 24.5 Å². The van der Waals surface area contributed by atoms with Gasteiger partial charge in [0.1, 0.15) is 5.82 Å². The maximum Gasteiger partial charge on any atom is 0.128 e. The van der Waals surface area contributed by atoms with Gasteiger partial charge in [0.25, 0.3) is 0 Å². The van der Waals surface area contributed by atoms with E-state index in [9.17, 15) is 0 Å². The number of hydrogen-bond acceptors (Lipinski definition) is 2. The summed E-state index contributed by atoms with van der Waals surface area (Å²) in [6, 6.07) is 8.60. The molecule has 1 aromatic heterocycles. The van der Waals surface area contributed by atoms with E-state index < -0.39 is 0 Å². The Morgan fingerprint density at radius 2 is 2.00 bits per heavy atom. The van der Waals surface area contributed by atoms with Gasteiger partial charge in [0.15, 0.2) is 0 Å². The van der Waals surface area contributed by atoms with Crippen molar-refractivity contribution in [3.63, 3.8) is 0 Å². The number of nitrogens with one attached hydrogen (secondary N) is 1. The minimum Gasteiger partial charge on any atom is -0.366 e. The van der Waals surface area contributed by atoms with E-state index in [1.54, 1.807) is 0 Å². The molecule has 0 unspecified atom stereocenters. The van der Waals surface area contributed by atoms with Gasteiger partial charge < -0.3 is 5.32 Å². The van der Waals surface area contributed by atoms with Gasteiger partial charge in [-0.3, -0.25) is 4.68 Å². The largest absolute Gasteiger partial charge is 0.366 e. The fourth-order valence-corrected chi connectivity index (χ4v) is 2.41. The molecule has 0 fully saturated rings. The Morgan fingerprint density at radius 3 is 2.81 bits per heavy atom. The van der Waals surface area contributed by atoms with Crippen molar-refractivity contribution in [2.75, 3.05) is 5.32 Å². The molecule has 2 aromatic rings. The molecule has 0 radical (unpaired) electrons. The first-order valence-corrected chi connectivity index (χ1v) is 5.59. The predicted octanol–water partition coefficient (Wildman–Crippen LogP) is 2.24. The van der Waals surface area contributed by atoms with Crippen LogP contribution in [0.5, 0.6) is 0 Å². The van der Waals surface area contributed by atoms with Gasteiger partial charge in [-0.15, -0.1) is 0 Å². The summed E-state index contributed by atoms with van der Waals surface area (Å²) in [4.78, 5) is 0. The summed E-state index contributed by atoms with van der Waals surface area (Å²) in [5.74, 6) is 1.16. The molecule has 2 heterocycles. The van der Waals surface area contributed by atoms with Crippen molar-refractivity contribution < 1.29 is 0 Å². The molecule has 1 aliphatic rings. The van der Waals surface area contributed by atoms with Crippen LogP contribution in [0.2, 0.25) is 0 Å². The highest BCUT2D eigenvalue weighted by molar-refractivity contribution is 5.53. The molecule has 3 rings (SSSR count). The minimum absolute atomic E-state index is 0.891. The van der Waals surface area contributed by atoms with Crippen molar-refractivity contribution in [2.45, 2.75) is 19.9 Å². The lowest BCUT2D eigenvalue weighted by molar-refractivity contribution is 0.758. The molecule has 0 spiro atoms.